The van der Waals surface area contributed by atoms with Crippen molar-refractivity contribution in [3.63, 3.8) is 0 Å². The maximum absolute atomic E-state index is 11.5. The quantitative estimate of drug-likeness (QED) is 0.654. The molecule has 0 amide bonds. The first kappa shape index (κ1) is 12.0. The Morgan fingerprint density at radius 3 is 3.13 bits per heavy atom. The molecule has 1 atom stereocenters. The van der Waals surface area contributed by atoms with Gasteiger partial charge in [0.05, 0.1) is 18.6 Å². The Balaban J connectivity index is 2.35. The molecule has 0 radical (unpaired) electrons. The zero-order valence-electron chi connectivity index (χ0n) is 9.24. The fraction of sp³-hybridized carbons (Fsp3) is 0.818. The zero-order valence-corrected chi connectivity index (χ0v) is 9.24. The summed E-state index contributed by atoms with van der Waals surface area (Å²) in [6, 6.07) is 2.13. The van der Waals surface area contributed by atoms with Gasteiger partial charge >= 0.3 is 5.97 Å². The number of likely N-dealkylation sites (tertiary alicyclic amines) is 1. The van der Waals surface area contributed by atoms with Crippen molar-refractivity contribution in [1.82, 2.24) is 4.90 Å². The SMILES string of the molecule is CCOC(=O)[C@H]1CCCN(CCC#N)C1. The first-order valence-electron chi connectivity index (χ1n) is 5.54. The minimum Gasteiger partial charge on any atom is -0.466 e. The lowest BCUT2D eigenvalue weighted by Gasteiger charge is -2.30. The van der Waals surface area contributed by atoms with E-state index in [1.165, 1.54) is 0 Å². The normalized spacial score (nSPS) is 22.0. The average molecular weight is 210 g/mol. The van der Waals surface area contributed by atoms with Gasteiger partial charge in [-0.3, -0.25) is 4.79 Å². The van der Waals surface area contributed by atoms with E-state index in [4.69, 9.17) is 10.00 Å². The van der Waals surface area contributed by atoms with E-state index in [9.17, 15) is 4.79 Å². The van der Waals surface area contributed by atoms with E-state index in [1.807, 2.05) is 6.92 Å². The van der Waals surface area contributed by atoms with Crippen molar-refractivity contribution in [2.75, 3.05) is 26.2 Å². The van der Waals surface area contributed by atoms with Gasteiger partial charge < -0.3 is 9.64 Å². The molecule has 0 unspecified atom stereocenters. The molecule has 1 heterocycles. The molecule has 1 rings (SSSR count). The molecule has 0 saturated carbocycles. The fourth-order valence-electron chi connectivity index (χ4n) is 1.92. The van der Waals surface area contributed by atoms with Gasteiger partial charge in [0, 0.05) is 19.5 Å². The highest BCUT2D eigenvalue weighted by atomic mass is 16.5. The van der Waals surface area contributed by atoms with Gasteiger partial charge in [-0.25, -0.2) is 0 Å². The third kappa shape index (κ3) is 3.88. The van der Waals surface area contributed by atoms with Crippen molar-refractivity contribution >= 4 is 5.97 Å². The summed E-state index contributed by atoms with van der Waals surface area (Å²) < 4.78 is 5.00. The van der Waals surface area contributed by atoms with Gasteiger partial charge in [0.15, 0.2) is 0 Å². The Hall–Kier alpha value is -1.08. The lowest BCUT2D eigenvalue weighted by molar-refractivity contribution is -0.149. The molecule has 0 aromatic carbocycles. The van der Waals surface area contributed by atoms with Crippen LogP contribution in [0, 0.1) is 17.2 Å². The lowest BCUT2D eigenvalue weighted by Crippen LogP contribution is -2.39. The number of rotatable bonds is 4. The third-order valence-electron chi connectivity index (χ3n) is 2.67. The number of hydrogen-bond acceptors (Lipinski definition) is 4. The van der Waals surface area contributed by atoms with E-state index in [0.29, 0.717) is 13.0 Å². The minimum atomic E-state index is -0.0841. The van der Waals surface area contributed by atoms with Crippen molar-refractivity contribution in [3.8, 4) is 6.07 Å². The van der Waals surface area contributed by atoms with Crippen LogP contribution < -0.4 is 0 Å². The van der Waals surface area contributed by atoms with Crippen LogP contribution >= 0.6 is 0 Å². The number of ether oxygens (including phenoxy) is 1. The van der Waals surface area contributed by atoms with E-state index in [1.54, 1.807) is 0 Å². The van der Waals surface area contributed by atoms with Gasteiger partial charge in [-0.1, -0.05) is 0 Å². The molecule has 0 aromatic rings. The number of esters is 1. The number of hydrogen-bond donors (Lipinski definition) is 0. The van der Waals surface area contributed by atoms with Crippen LogP contribution in [0.2, 0.25) is 0 Å². The molecule has 1 aliphatic rings. The first-order chi connectivity index (χ1) is 7.27. The number of carbonyl (C=O) groups is 1. The molecule has 0 aromatic heterocycles. The second-order valence-corrected chi connectivity index (χ2v) is 3.80. The van der Waals surface area contributed by atoms with Crippen LogP contribution in [0.1, 0.15) is 26.2 Å². The Morgan fingerprint density at radius 2 is 2.47 bits per heavy atom. The molecular formula is C11H18N2O2. The number of nitrogens with zero attached hydrogens (tertiary/aromatic N) is 2. The molecule has 0 aliphatic carbocycles. The van der Waals surface area contributed by atoms with Gasteiger partial charge in [-0.2, -0.15) is 5.26 Å². The van der Waals surface area contributed by atoms with Crippen molar-refractivity contribution in [2.45, 2.75) is 26.2 Å². The first-order valence-corrected chi connectivity index (χ1v) is 5.54. The summed E-state index contributed by atoms with van der Waals surface area (Å²) in [6.07, 6.45) is 2.48. The highest BCUT2D eigenvalue weighted by Gasteiger charge is 2.26. The summed E-state index contributed by atoms with van der Waals surface area (Å²) in [6.45, 7) is 4.80. The molecule has 15 heavy (non-hydrogen) atoms. The number of carbonyl (C=O) groups excluding carboxylic acids is 1. The zero-order chi connectivity index (χ0) is 11.1. The van der Waals surface area contributed by atoms with Crippen LogP contribution in [0.15, 0.2) is 0 Å². The minimum absolute atomic E-state index is 0.0115. The van der Waals surface area contributed by atoms with Crippen LogP contribution in [0.3, 0.4) is 0 Å². The summed E-state index contributed by atoms with van der Waals surface area (Å²) in [5.74, 6) is -0.0726. The maximum atomic E-state index is 11.5. The molecule has 0 bridgehead atoms. The highest BCUT2D eigenvalue weighted by Crippen LogP contribution is 2.17. The average Bonchev–Trinajstić information content (AvgIpc) is 2.27. The summed E-state index contributed by atoms with van der Waals surface area (Å²) in [7, 11) is 0. The molecular weight excluding hydrogens is 192 g/mol. The Bertz CT molecular complexity index is 247. The lowest BCUT2D eigenvalue weighted by atomic mass is 9.98. The maximum Gasteiger partial charge on any atom is 0.310 e. The molecule has 84 valence electrons. The predicted molar refractivity (Wildman–Crippen MR) is 56.0 cm³/mol. The fourth-order valence-corrected chi connectivity index (χ4v) is 1.92. The standard InChI is InChI=1S/C11H18N2O2/c1-2-15-11(14)10-5-3-7-13(9-10)8-4-6-12/h10H,2-5,7-9H2,1H3/t10-/m0/s1. The van der Waals surface area contributed by atoms with Crippen LogP contribution in [0.5, 0.6) is 0 Å². The van der Waals surface area contributed by atoms with E-state index in [0.717, 1.165) is 32.5 Å². The van der Waals surface area contributed by atoms with Gasteiger partial charge in [-0.15, -0.1) is 0 Å². The van der Waals surface area contributed by atoms with Crippen LogP contribution in [-0.2, 0) is 9.53 Å². The van der Waals surface area contributed by atoms with Gasteiger partial charge in [0.25, 0.3) is 0 Å². The molecule has 4 heteroatoms. The largest absolute Gasteiger partial charge is 0.466 e. The van der Waals surface area contributed by atoms with Crippen LogP contribution in [0.4, 0.5) is 0 Å². The number of nitriles is 1. The van der Waals surface area contributed by atoms with Crippen LogP contribution in [0.25, 0.3) is 0 Å². The van der Waals surface area contributed by atoms with E-state index in [2.05, 4.69) is 11.0 Å². The summed E-state index contributed by atoms with van der Waals surface area (Å²) in [5, 5.41) is 8.49. The summed E-state index contributed by atoms with van der Waals surface area (Å²) >= 11 is 0. The molecule has 4 nitrogen and oxygen atoms in total. The highest BCUT2D eigenvalue weighted by molar-refractivity contribution is 5.72. The predicted octanol–water partition coefficient (Wildman–Crippen LogP) is 1.18. The number of piperidine rings is 1. The molecule has 1 aliphatic heterocycles. The molecule has 0 N–H and O–H groups in total. The summed E-state index contributed by atoms with van der Waals surface area (Å²) in [5.41, 5.74) is 0. The Morgan fingerprint density at radius 1 is 1.67 bits per heavy atom. The third-order valence-corrected chi connectivity index (χ3v) is 2.67. The van der Waals surface area contributed by atoms with Gasteiger partial charge in [0.1, 0.15) is 0 Å². The topological polar surface area (TPSA) is 53.3 Å². The molecule has 0 spiro atoms. The summed E-state index contributed by atoms with van der Waals surface area (Å²) in [4.78, 5) is 13.7. The van der Waals surface area contributed by atoms with Gasteiger partial charge in [0.2, 0.25) is 0 Å². The van der Waals surface area contributed by atoms with E-state index < -0.39 is 0 Å². The van der Waals surface area contributed by atoms with E-state index in [-0.39, 0.29) is 11.9 Å². The smallest absolute Gasteiger partial charge is 0.310 e. The molecule has 1 saturated heterocycles. The van der Waals surface area contributed by atoms with Gasteiger partial charge in [-0.05, 0) is 26.3 Å². The monoisotopic (exact) mass is 210 g/mol. The Kier molecular flexibility index (Phi) is 5.13. The Labute approximate surface area is 90.8 Å². The van der Waals surface area contributed by atoms with Crippen molar-refractivity contribution in [2.24, 2.45) is 5.92 Å². The van der Waals surface area contributed by atoms with Crippen molar-refractivity contribution < 1.29 is 9.53 Å². The second kappa shape index (κ2) is 6.41. The molecule has 1 fully saturated rings. The van der Waals surface area contributed by atoms with E-state index >= 15 is 0 Å². The second-order valence-electron chi connectivity index (χ2n) is 3.80. The van der Waals surface area contributed by atoms with Crippen LogP contribution in [-0.4, -0.2) is 37.1 Å². The van der Waals surface area contributed by atoms with Crippen molar-refractivity contribution in [1.29, 1.82) is 5.26 Å². The van der Waals surface area contributed by atoms with Crippen molar-refractivity contribution in [3.05, 3.63) is 0 Å².